The molecule has 0 radical (unpaired) electrons. The fourth-order valence-corrected chi connectivity index (χ4v) is 3.16. The third-order valence-electron chi connectivity index (χ3n) is 3.17. The lowest BCUT2D eigenvalue weighted by Crippen LogP contribution is -2.31. The minimum absolute atomic E-state index is 0.136. The molecule has 3 N–H and O–H groups in total. The second kappa shape index (κ2) is 6.01. The molecule has 5 nitrogen and oxygen atoms in total. The molecule has 0 fully saturated rings. The maximum atomic E-state index is 12.2. The van der Waals surface area contributed by atoms with Crippen molar-refractivity contribution in [2.75, 3.05) is 25.1 Å². The SMILES string of the molecule is CCCC(C)(C)Nc1cccc(S(=O)(=O)N(C)C)c1N. The van der Waals surface area contributed by atoms with E-state index in [-0.39, 0.29) is 16.1 Å². The molecule has 20 heavy (non-hydrogen) atoms. The van der Waals surface area contributed by atoms with Gasteiger partial charge in [-0.15, -0.1) is 0 Å². The van der Waals surface area contributed by atoms with Gasteiger partial charge in [0.25, 0.3) is 0 Å². The predicted octanol–water partition coefficient (Wildman–Crippen LogP) is 2.51. The van der Waals surface area contributed by atoms with Crippen LogP contribution in [0.4, 0.5) is 11.4 Å². The summed E-state index contributed by atoms with van der Waals surface area (Å²) in [6.07, 6.45) is 2.01. The van der Waals surface area contributed by atoms with Crippen LogP contribution in [0.1, 0.15) is 33.6 Å². The molecule has 114 valence electrons. The Morgan fingerprint density at radius 1 is 1.30 bits per heavy atom. The molecule has 1 aromatic carbocycles. The van der Waals surface area contributed by atoms with Gasteiger partial charge in [-0.3, -0.25) is 0 Å². The number of sulfonamides is 1. The molecule has 0 aliphatic rings. The average Bonchev–Trinajstić information content (AvgIpc) is 2.31. The lowest BCUT2D eigenvalue weighted by molar-refractivity contribution is 0.510. The third-order valence-corrected chi connectivity index (χ3v) is 5.05. The highest BCUT2D eigenvalue weighted by atomic mass is 32.2. The lowest BCUT2D eigenvalue weighted by Gasteiger charge is -2.28. The number of benzene rings is 1. The van der Waals surface area contributed by atoms with Gasteiger partial charge in [0.05, 0.1) is 11.4 Å². The van der Waals surface area contributed by atoms with Crippen LogP contribution in [0.15, 0.2) is 23.1 Å². The van der Waals surface area contributed by atoms with Gasteiger partial charge in [-0.1, -0.05) is 19.4 Å². The van der Waals surface area contributed by atoms with Crippen molar-refractivity contribution in [3.8, 4) is 0 Å². The highest BCUT2D eigenvalue weighted by Crippen LogP contribution is 2.31. The van der Waals surface area contributed by atoms with Crippen LogP contribution in [0, 0.1) is 0 Å². The second-order valence-corrected chi connectivity index (χ2v) is 7.88. The monoisotopic (exact) mass is 299 g/mol. The van der Waals surface area contributed by atoms with Gasteiger partial charge in [-0.25, -0.2) is 12.7 Å². The molecule has 6 heteroatoms. The van der Waals surface area contributed by atoms with E-state index in [1.165, 1.54) is 24.5 Å². The van der Waals surface area contributed by atoms with Gasteiger partial charge >= 0.3 is 0 Å². The molecule has 0 saturated carbocycles. The molecule has 0 saturated heterocycles. The number of para-hydroxylation sites is 1. The number of hydrogen-bond acceptors (Lipinski definition) is 4. The summed E-state index contributed by atoms with van der Waals surface area (Å²) in [5.41, 5.74) is 6.83. The molecular weight excluding hydrogens is 274 g/mol. The molecule has 0 aromatic heterocycles. The first-order valence-electron chi connectivity index (χ1n) is 6.71. The van der Waals surface area contributed by atoms with Crippen molar-refractivity contribution in [1.82, 2.24) is 4.31 Å². The van der Waals surface area contributed by atoms with E-state index < -0.39 is 10.0 Å². The number of rotatable bonds is 6. The summed E-state index contributed by atoms with van der Waals surface area (Å²) >= 11 is 0. The smallest absolute Gasteiger partial charge is 0.244 e. The maximum Gasteiger partial charge on any atom is 0.244 e. The van der Waals surface area contributed by atoms with E-state index in [4.69, 9.17) is 5.73 Å². The fourth-order valence-electron chi connectivity index (χ4n) is 2.13. The molecule has 0 spiro atoms. The van der Waals surface area contributed by atoms with Gasteiger partial charge in [0.1, 0.15) is 4.90 Å². The van der Waals surface area contributed by atoms with Crippen molar-refractivity contribution in [2.24, 2.45) is 0 Å². The zero-order valence-corrected chi connectivity index (χ0v) is 13.7. The molecule has 0 bridgehead atoms. The van der Waals surface area contributed by atoms with Gasteiger partial charge < -0.3 is 11.1 Å². The molecule has 1 aromatic rings. The largest absolute Gasteiger partial charge is 0.396 e. The van der Waals surface area contributed by atoms with Crippen molar-refractivity contribution in [3.05, 3.63) is 18.2 Å². The highest BCUT2D eigenvalue weighted by Gasteiger charge is 2.24. The third kappa shape index (κ3) is 3.64. The molecular formula is C14H25N3O2S. The van der Waals surface area contributed by atoms with E-state index in [9.17, 15) is 8.42 Å². The number of nitrogens with zero attached hydrogens (tertiary/aromatic N) is 1. The van der Waals surface area contributed by atoms with Crippen molar-refractivity contribution in [3.63, 3.8) is 0 Å². The summed E-state index contributed by atoms with van der Waals surface area (Å²) in [6.45, 7) is 6.26. The van der Waals surface area contributed by atoms with Crippen molar-refractivity contribution in [1.29, 1.82) is 0 Å². The van der Waals surface area contributed by atoms with Gasteiger partial charge in [0.15, 0.2) is 0 Å². The minimum Gasteiger partial charge on any atom is -0.396 e. The van der Waals surface area contributed by atoms with Gasteiger partial charge in [0, 0.05) is 19.6 Å². The van der Waals surface area contributed by atoms with Crippen LogP contribution in [0.3, 0.4) is 0 Å². The van der Waals surface area contributed by atoms with Gasteiger partial charge in [0.2, 0.25) is 10.0 Å². The first-order chi connectivity index (χ1) is 9.12. The van der Waals surface area contributed by atoms with Gasteiger partial charge in [-0.2, -0.15) is 0 Å². The van der Waals surface area contributed by atoms with E-state index in [1.54, 1.807) is 12.1 Å². The molecule has 0 aliphatic carbocycles. The van der Waals surface area contributed by atoms with Crippen molar-refractivity contribution < 1.29 is 8.42 Å². The van der Waals surface area contributed by atoms with Crippen LogP contribution in [-0.2, 0) is 10.0 Å². The zero-order valence-electron chi connectivity index (χ0n) is 12.9. The summed E-state index contributed by atoms with van der Waals surface area (Å²) in [4.78, 5) is 0.139. The number of nitrogens with one attached hydrogen (secondary N) is 1. The Hall–Kier alpha value is -1.27. The Balaban J connectivity index is 3.21. The van der Waals surface area contributed by atoms with Crippen LogP contribution in [-0.4, -0.2) is 32.4 Å². The molecule has 0 heterocycles. The van der Waals surface area contributed by atoms with Crippen LogP contribution in [0.2, 0.25) is 0 Å². The van der Waals surface area contributed by atoms with E-state index in [1.807, 2.05) is 0 Å². The van der Waals surface area contributed by atoms with Crippen molar-refractivity contribution >= 4 is 21.4 Å². The first kappa shape index (κ1) is 16.8. The van der Waals surface area contributed by atoms with Crippen LogP contribution >= 0.6 is 0 Å². The standard InChI is InChI=1S/C14H25N3O2S/c1-6-10-14(2,3)16-11-8-7-9-12(13(11)15)20(18,19)17(4)5/h7-9,16H,6,10,15H2,1-5H3. The van der Waals surface area contributed by atoms with E-state index >= 15 is 0 Å². The molecule has 0 atom stereocenters. The van der Waals surface area contributed by atoms with Gasteiger partial charge in [-0.05, 0) is 32.4 Å². The Kier molecular flexibility index (Phi) is 5.05. The quantitative estimate of drug-likeness (QED) is 0.791. The van der Waals surface area contributed by atoms with Crippen LogP contribution in [0.5, 0.6) is 0 Å². The summed E-state index contributed by atoms with van der Waals surface area (Å²) in [7, 11) is -0.538. The highest BCUT2D eigenvalue weighted by molar-refractivity contribution is 7.89. The van der Waals surface area contributed by atoms with Crippen molar-refractivity contribution in [2.45, 2.75) is 44.0 Å². The summed E-state index contributed by atoms with van der Waals surface area (Å²) in [5, 5.41) is 3.33. The van der Waals surface area contributed by atoms with E-state index in [2.05, 4.69) is 26.1 Å². The number of hydrogen-bond donors (Lipinski definition) is 2. The van der Waals surface area contributed by atoms with Crippen LogP contribution in [0.25, 0.3) is 0 Å². The Labute approximate surface area is 122 Å². The summed E-state index contributed by atoms with van der Waals surface area (Å²) < 4.78 is 25.6. The van der Waals surface area contributed by atoms with E-state index in [0.29, 0.717) is 5.69 Å². The lowest BCUT2D eigenvalue weighted by atomic mass is 9.98. The summed E-state index contributed by atoms with van der Waals surface area (Å²) in [6, 6.07) is 5.04. The Morgan fingerprint density at radius 2 is 1.90 bits per heavy atom. The summed E-state index contributed by atoms with van der Waals surface area (Å²) in [5.74, 6) is 0. The molecule has 0 unspecified atom stereocenters. The number of anilines is 2. The normalized spacial score (nSPS) is 12.7. The molecule has 0 aliphatic heterocycles. The zero-order chi connectivity index (χ0) is 15.6. The second-order valence-electron chi connectivity index (χ2n) is 5.76. The van der Waals surface area contributed by atoms with E-state index in [0.717, 1.165) is 12.8 Å². The Bertz CT molecular complexity index is 566. The maximum absolute atomic E-state index is 12.2. The molecule has 1 rings (SSSR count). The Morgan fingerprint density at radius 3 is 2.40 bits per heavy atom. The average molecular weight is 299 g/mol. The first-order valence-corrected chi connectivity index (χ1v) is 8.15. The molecule has 0 amide bonds. The number of nitrogen functional groups attached to an aromatic ring is 1. The topological polar surface area (TPSA) is 75.4 Å². The minimum atomic E-state index is -3.53. The predicted molar refractivity (Wildman–Crippen MR) is 84.3 cm³/mol. The van der Waals surface area contributed by atoms with Crippen LogP contribution < -0.4 is 11.1 Å². The number of nitrogens with two attached hydrogens (primary N) is 1. The fraction of sp³-hybridized carbons (Fsp3) is 0.571.